The molecule has 4 N–H and O–H groups in total. The lowest BCUT2D eigenvalue weighted by Crippen LogP contribution is -2.24. The molecule has 0 spiro atoms. The molecule has 2 aromatic heterocycles. The first-order valence-corrected chi connectivity index (χ1v) is 4.19. The second-order valence-corrected chi connectivity index (χ2v) is 2.95. The third-order valence-electron chi connectivity index (χ3n) is 2.20. The minimum Gasteiger partial charge on any atom is -0.425 e. The van der Waals surface area contributed by atoms with Gasteiger partial charge in [0.1, 0.15) is 11.3 Å². The van der Waals surface area contributed by atoms with E-state index >= 15 is 0 Å². The maximum Gasteiger partial charge on any atom is 0.274 e. The number of nitrogens with zero attached hydrogens (tertiary/aromatic N) is 4. The topological polar surface area (TPSA) is 99.9 Å². The maximum absolute atomic E-state index is 9.61. The van der Waals surface area contributed by atoms with Crippen molar-refractivity contribution in [3.8, 4) is 0 Å². The van der Waals surface area contributed by atoms with Gasteiger partial charge in [-0.15, -0.1) is 14.2 Å². The van der Waals surface area contributed by atoms with Crippen molar-refractivity contribution in [2.75, 3.05) is 19.4 Å². The normalized spacial score (nSPS) is 12.5. The summed E-state index contributed by atoms with van der Waals surface area (Å²) in [6, 6.07) is 1.47. The monoisotopic (exact) mass is 213 g/mol. The van der Waals surface area contributed by atoms with Crippen molar-refractivity contribution in [2.24, 2.45) is 4.99 Å². The van der Waals surface area contributed by atoms with Crippen molar-refractivity contribution in [1.82, 2.24) is 14.2 Å². The Morgan fingerprint density at radius 2 is 1.87 bits per heavy atom. The molecule has 0 unspecified atom stereocenters. The summed E-state index contributed by atoms with van der Waals surface area (Å²) < 4.78 is 2.00. The molecule has 0 radical (unpaired) electrons. The Hall–Kier alpha value is -2.25. The number of anilines is 1. The molecule has 0 bridgehead atoms. The van der Waals surface area contributed by atoms with Crippen LogP contribution in [0, 0.1) is 0 Å². The van der Waals surface area contributed by atoms with Crippen molar-refractivity contribution in [3.63, 3.8) is 0 Å². The number of nitrogens with one attached hydrogen (secondary N) is 1. The quantitative estimate of drug-likeness (QED) is 0.481. The van der Waals surface area contributed by atoms with Crippen LogP contribution in [0.15, 0.2) is 11.1 Å². The van der Waals surface area contributed by atoms with Gasteiger partial charge in [-0.1, -0.05) is 0 Å². The molecular formula is C7H11N5O3. The highest BCUT2D eigenvalue weighted by Crippen LogP contribution is 2.19. The number of aromatic nitrogens is 3. The van der Waals surface area contributed by atoms with Crippen molar-refractivity contribution < 1.29 is 15.6 Å². The highest BCUT2D eigenvalue weighted by Gasteiger charge is 2.18. The zero-order valence-electron chi connectivity index (χ0n) is 8.21. The van der Waals surface area contributed by atoms with Gasteiger partial charge in [0.05, 0.1) is 0 Å². The van der Waals surface area contributed by atoms with Gasteiger partial charge in [0, 0.05) is 20.2 Å². The van der Waals surface area contributed by atoms with E-state index in [2.05, 4.69) is 10.3 Å². The van der Waals surface area contributed by atoms with E-state index in [1.807, 2.05) is 0 Å². The van der Waals surface area contributed by atoms with E-state index in [1.165, 1.54) is 13.1 Å². The van der Waals surface area contributed by atoms with Crippen LogP contribution in [0.1, 0.15) is 0 Å². The molecule has 0 aromatic carbocycles. The summed E-state index contributed by atoms with van der Waals surface area (Å²) in [4.78, 5) is 3.66. The zero-order valence-corrected chi connectivity index (χ0v) is 8.21. The third-order valence-corrected chi connectivity index (χ3v) is 2.20. The van der Waals surface area contributed by atoms with Crippen molar-refractivity contribution >= 4 is 17.0 Å². The van der Waals surface area contributed by atoms with Crippen molar-refractivity contribution in [1.29, 1.82) is 0 Å². The molecule has 0 fully saturated rings. The summed E-state index contributed by atoms with van der Waals surface area (Å²) in [7, 11) is 3.02. The van der Waals surface area contributed by atoms with Crippen molar-refractivity contribution in [3.05, 3.63) is 11.7 Å². The predicted molar refractivity (Wildman–Crippen MR) is 50.5 cm³/mol. The number of imidazole rings is 1. The van der Waals surface area contributed by atoms with Gasteiger partial charge in [0.25, 0.3) is 5.62 Å². The average Bonchev–Trinajstić information content (AvgIpc) is 2.66. The van der Waals surface area contributed by atoms with Gasteiger partial charge in [-0.3, -0.25) is 4.99 Å². The standard InChI is InChI=1S/C7H11N5O3/c1-8-5-3-4-6(11(5)14)12(15)7(9-2)10(4)13/h3,8,13-15H,1-2H3. The van der Waals surface area contributed by atoms with Crippen LogP contribution in [0.4, 0.5) is 5.82 Å². The van der Waals surface area contributed by atoms with Crippen molar-refractivity contribution in [2.45, 2.75) is 0 Å². The predicted octanol–water partition coefficient (Wildman–Crippen LogP) is -0.472. The van der Waals surface area contributed by atoms with E-state index in [0.717, 1.165) is 4.73 Å². The molecule has 2 heterocycles. The number of hydrogen-bond acceptors (Lipinski definition) is 5. The maximum atomic E-state index is 9.61. The van der Waals surface area contributed by atoms with Gasteiger partial charge >= 0.3 is 0 Å². The molecule has 0 saturated heterocycles. The van der Waals surface area contributed by atoms with E-state index in [-0.39, 0.29) is 16.8 Å². The number of rotatable bonds is 1. The molecule has 0 saturated carbocycles. The summed E-state index contributed by atoms with van der Waals surface area (Å²) in [5.74, 6) is 0.341. The summed E-state index contributed by atoms with van der Waals surface area (Å²) in [6.45, 7) is 0. The van der Waals surface area contributed by atoms with Crippen LogP contribution < -0.4 is 10.9 Å². The molecule has 8 nitrogen and oxygen atoms in total. The molecule has 2 aromatic rings. The second kappa shape index (κ2) is 2.87. The first-order valence-electron chi connectivity index (χ1n) is 4.19. The van der Waals surface area contributed by atoms with E-state index in [0.29, 0.717) is 15.3 Å². The van der Waals surface area contributed by atoms with E-state index in [4.69, 9.17) is 0 Å². The fraction of sp³-hybridized carbons (Fsp3) is 0.286. The van der Waals surface area contributed by atoms with E-state index in [1.54, 1.807) is 7.05 Å². The third kappa shape index (κ3) is 0.981. The van der Waals surface area contributed by atoms with Gasteiger partial charge in [0.15, 0.2) is 0 Å². The summed E-state index contributed by atoms with van der Waals surface area (Å²) in [5.41, 5.74) is 0.192. The van der Waals surface area contributed by atoms with Crippen LogP contribution in [0.2, 0.25) is 0 Å². The molecule has 0 amide bonds. The largest absolute Gasteiger partial charge is 0.425 e. The Morgan fingerprint density at radius 3 is 2.33 bits per heavy atom. The zero-order chi connectivity index (χ0) is 11.2. The Balaban J connectivity index is 2.97. The molecular weight excluding hydrogens is 202 g/mol. The van der Waals surface area contributed by atoms with E-state index in [9.17, 15) is 15.6 Å². The number of hydrogen-bond donors (Lipinski definition) is 4. The molecule has 15 heavy (non-hydrogen) atoms. The SMILES string of the molecule is CN=c1n(O)c2cc(NC)n(O)c2n1O. The molecule has 8 heteroatoms. The highest BCUT2D eigenvalue weighted by molar-refractivity contribution is 5.78. The summed E-state index contributed by atoms with van der Waals surface area (Å²) >= 11 is 0. The van der Waals surface area contributed by atoms with Gasteiger partial charge in [-0.2, -0.15) is 0 Å². The first-order chi connectivity index (χ1) is 7.11. The molecule has 82 valence electrons. The fourth-order valence-corrected chi connectivity index (χ4v) is 1.49. The fourth-order valence-electron chi connectivity index (χ4n) is 1.49. The highest BCUT2D eigenvalue weighted by atomic mass is 16.5. The molecule has 0 aliphatic heterocycles. The lowest BCUT2D eigenvalue weighted by atomic mass is 10.5. The Labute approximate surface area is 83.8 Å². The van der Waals surface area contributed by atoms with E-state index < -0.39 is 0 Å². The lowest BCUT2D eigenvalue weighted by molar-refractivity contribution is 0.123. The van der Waals surface area contributed by atoms with Crippen LogP contribution in [0.25, 0.3) is 11.2 Å². The second-order valence-electron chi connectivity index (χ2n) is 2.95. The Kier molecular flexibility index (Phi) is 1.78. The molecule has 0 aliphatic carbocycles. The Bertz CT molecular complexity index is 575. The lowest BCUT2D eigenvalue weighted by Gasteiger charge is -2.00. The number of fused-ring (bicyclic) bond motifs is 1. The van der Waals surface area contributed by atoms with Crippen LogP contribution >= 0.6 is 0 Å². The van der Waals surface area contributed by atoms with Gasteiger partial charge < -0.3 is 20.9 Å². The molecule has 0 atom stereocenters. The summed E-state index contributed by atoms with van der Waals surface area (Å²) in [6.07, 6.45) is 0. The average molecular weight is 213 g/mol. The Morgan fingerprint density at radius 1 is 1.20 bits per heavy atom. The van der Waals surface area contributed by atoms with Gasteiger partial charge in [-0.05, 0) is 0 Å². The van der Waals surface area contributed by atoms with Crippen LogP contribution in [-0.2, 0) is 0 Å². The minimum absolute atomic E-state index is 0.0300. The van der Waals surface area contributed by atoms with Crippen LogP contribution in [0.5, 0.6) is 0 Å². The summed E-state index contributed by atoms with van der Waals surface area (Å²) in [5, 5.41) is 31.5. The van der Waals surface area contributed by atoms with Gasteiger partial charge in [0.2, 0.25) is 5.65 Å². The molecule has 0 aliphatic rings. The minimum atomic E-state index is -0.0783. The smallest absolute Gasteiger partial charge is 0.274 e. The molecule has 2 rings (SSSR count). The van der Waals surface area contributed by atoms with Crippen LogP contribution in [-0.4, -0.2) is 43.9 Å². The first kappa shape index (κ1) is 9.31. The van der Waals surface area contributed by atoms with Gasteiger partial charge in [-0.25, -0.2) is 0 Å². The van der Waals surface area contributed by atoms with Crippen LogP contribution in [0.3, 0.4) is 0 Å².